The van der Waals surface area contributed by atoms with Crippen molar-refractivity contribution in [1.29, 1.82) is 0 Å². The van der Waals surface area contributed by atoms with Crippen LogP contribution in [-0.2, 0) is 0 Å². The first-order valence-corrected chi connectivity index (χ1v) is 6.18. The van der Waals surface area contributed by atoms with Gasteiger partial charge in [-0.3, -0.25) is 0 Å². The summed E-state index contributed by atoms with van der Waals surface area (Å²) in [5.74, 6) is 0.312. The van der Waals surface area contributed by atoms with E-state index < -0.39 is 0 Å². The van der Waals surface area contributed by atoms with Gasteiger partial charge in [0.05, 0.1) is 0 Å². The maximum absolute atomic E-state index is 5.82. The summed E-state index contributed by atoms with van der Waals surface area (Å²) in [5.41, 5.74) is 6.08. The molecule has 0 saturated heterocycles. The molecule has 2 aromatic rings. The van der Waals surface area contributed by atoms with Crippen molar-refractivity contribution in [2.45, 2.75) is 33.1 Å². The Labute approximate surface area is 98.7 Å². The smallest absolute Gasteiger partial charge is 0.234 e. The van der Waals surface area contributed by atoms with Crippen LogP contribution >= 0.6 is 11.3 Å². The SMILES string of the molecule is CC(C)(C)CC(CN)c1nn2cnnc2s1. The van der Waals surface area contributed by atoms with Crippen LogP contribution in [0, 0.1) is 5.41 Å². The normalized spacial score (nSPS) is 14.5. The number of hydrogen-bond donors (Lipinski definition) is 1. The molecule has 2 rings (SSSR count). The molecule has 0 aliphatic heterocycles. The second-order valence-electron chi connectivity index (χ2n) is 5.20. The van der Waals surface area contributed by atoms with Crippen molar-refractivity contribution in [2.75, 3.05) is 6.54 Å². The summed E-state index contributed by atoms with van der Waals surface area (Å²) in [6.45, 7) is 7.28. The van der Waals surface area contributed by atoms with Crippen LogP contribution in [0.4, 0.5) is 0 Å². The summed E-state index contributed by atoms with van der Waals surface area (Å²) in [5, 5.41) is 13.3. The Kier molecular flexibility index (Phi) is 2.94. The second-order valence-corrected chi connectivity index (χ2v) is 6.18. The Morgan fingerprint density at radius 2 is 2.25 bits per heavy atom. The molecule has 0 fully saturated rings. The molecular formula is C10H17N5S. The molecule has 2 heterocycles. The van der Waals surface area contributed by atoms with Gasteiger partial charge in [0.2, 0.25) is 4.96 Å². The molecule has 6 heteroatoms. The van der Waals surface area contributed by atoms with E-state index in [1.54, 1.807) is 22.2 Å². The third-order valence-corrected chi connectivity index (χ3v) is 3.47. The lowest BCUT2D eigenvalue weighted by molar-refractivity contribution is 0.340. The summed E-state index contributed by atoms with van der Waals surface area (Å²) < 4.78 is 1.71. The zero-order valence-electron chi connectivity index (χ0n) is 9.84. The minimum atomic E-state index is 0.260. The Hall–Kier alpha value is -1.01. The van der Waals surface area contributed by atoms with Crippen LogP contribution in [0.3, 0.4) is 0 Å². The van der Waals surface area contributed by atoms with Crippen molar-refractivity contribution in [3.63, 3.8) is 0 Å². The highest BCUT2D eigenvalue weighted by atomic mass is 32.1. The maximum Gasteiger partial charge on any atom is 0.234 e. The first-order chi connectivity index (χ1) is 7.49. The number of aromatic nitrogens is 4. The first-order valence-electron chi connectivity index (χ1n) is 5.36. The molecule has 1 atom stereocenters. The van der Waals surface area contributed by atoms with Gasteiger partial charge in [-0.25, -0.2) is 0 Å². The zero-order valence-corrected chi connectivity index (χ0v) is 10.7. The first kappa shape index (κ1) is 11.5. The van der Waals surface area contributed by atoms with E-state index in [4.69, 9.17) is 5.73 Å². The van der Waals surface area contributed by atoms with Crippen molar-refractivity contribution in [3.05, 3.63) is 11.3 Å². The summed E-state index contributed by atoms with van der Waals surface area (Å²) >= 11 is 1.58. The molecule has 0 aliphatic carbocycles. The third kappa shape index (κ3) is 2.38. The van der Waals surface area contributed by atoms with Gasteiger partial charge in [0, 0.05) is 12.5 Å². The monoisotopic (exact) mass is 239 g/mol. The van der Waals surface area contributed by atoms with Crippen LogP contribution in [0.5, 0.6) is 0 Å². The van der Waals surface area contributed by atoms with Crippen LogP contribution in [-0.4, -0.2) is 26.4 Å². The average Bonchev–Trinajstić information content (AvgIpc) is 2.71. The number of fused-ring (bicyclic) bond motifs is 1. The van der Waals surface area contributed by atoms with Gasteiger partial charge in [-0.05, 0) is 11.8 Å². The van der Waals surface area contributed by atoms with Gasteiger partial charge in [0.1, 0.15) is 11.3 Å². The standard InChI is InChI=1S/C10H17N5S/c1-10(2,3)4-7(5-11)8-14-15-6-12-13-9(15)16-8/h6-7H,4-5,11H2,1-3H3. The van der Waals surface area contributed by atoms with E-state index in [0.29, 0.717) is 12.5 Å². The fourth-order valence-electron chi connectivity index (χ4n) is 1.75. The molecule has 0 saturated carbocycles. The molecule has 0 radical (unpaired) electrons. The molecule has 2 N–H and O–H groups in total. The van der Waals surface area contributed by atoms with Crippen LogP contribution in [0.2, 0.25) is 0 Å². The maximum atomic E-state index is 5.82. The molecule has 16 heavy (non-hydrogen) atoms. The van der Waals surface area contributed by atoms with E-state index >= 15 is 0 Å². The molecule has 0 amide bonds. The van der Waals surface area contributed by atoms with Crippen molar-refractivity contribution < 1.29 is 0 Å². The lowest BCUT2D eigenvalue weighted by Gasteiger charge is -2.23. The fraction of sp³-hybridized carbons (Fsp3) is 0.700. The van der Waals surface area contributed by atoms with Crippen LogP contribution in [0.1, 0.15) is 38.1 Å². The minimum Gasteiger partial charge on any atom is -0.330 e. The number of hydrogen-bond acceptors (Lipinski definition) is 5. The number of rotatable bonds is 3. The van der Waals surface area contributed by atoms with E-state index in [0.717, 1.165) is 16.4 Å². The van der Waals surface area contributed by atoms with Gasteiger partial charge >= 0.3 is 0 Å². The lowest BCUT2D eigenvalue weighted by Crippen LogP contribution is -2.19. The molecule has 88 valence electrons. The van der Waals surface area contributed by atoms with Crippen molar-refractivity contribution >= 4 is 16.3 Å². The predicted molar refractivity (Wildman–Crippen MR) is 64.5 cm³/mol. The minimum absolute atomic E-state index is 0.260. The van der Waals surface area contributed by atoms with Crippen LogP contribution in [0.25, 0.3) is 4.96 Å². The van der Waals surface area contributed by atoms with Crippen molar-refractivity contribution in [2.24, 2.45) is 11.1 Å². The topological polar surface area (TPSA) is 69.1 Å². The lowest BCUT2D eigenvalue weighted by atomic mass is 9.85. The Morgan fingerprint density at radius 3 is 2.81 bits per heavy atom. The molecule has 0 spiro atoms. The van der Waals surface area contributed by atoms with Gasteiger partial charge in [-0.15, -0.1) is 10.2 Å². The van der Waals surface area contributed by atoms with Crippen LogP contribution < -0.4 is 5.73 Å². The van der Waals surface area contributed by atoms with E-state index in [9.17, 15) is 0 Å². The Morgan fingerprint density at radius 1 is 1.50 bits per heavy atom. The van der Waals surface area contributed by atoms with E-state index in [-0.39, 0.29) is 5.41 Å². The molecule has 2 aromatic heterocycles. The quantitative estimate of drug-likeness (QED) is 0.884. The Balaban J connectivity index is 2.24. The zero-order chi connectivity index (χ0) is 11.8. The highest BCUT2D eigenvalue weighted by Gasteiger charge is 2.22. The molecule has 0 aliphatic rings. The number of nitrogens with zero attached hydrogens (tertiary/aromatic N) is 4. The Bertz CT molecular complexity index is 438. The summed E-state index contributed by atoms with van der Waals surface area (Å²) in [6.07, 6.45) is 2.66. The molecule has 0 bridgehead atoms. The molecule has 1 unspecified atom stereocenters. The number of nitrogens with two attached hydrogens (primary N) is 1. The largest absolute Gasteiger partial charge is 0.330 e. The average molecular weight is 239 g/mol. The van der Waals surface area contributed by atoms with Gasteiger partial charge in [-0.1, -0.05) is 32.1 Å². The van der Waals surface area contributed by atoms with Gasteiger partial charge < -0.3 is 5.73 Å². The summed E-state index contributed by atoms with van der Waals surface area (Å²) in [4.78, 5) is 0.836. The molecule has 0 aromatic carbocycles. The predicted octanol–water partition coefficient (Wildman–Crippen LogP) is 1.66. The van der Waals surface area contributed by atoms with Gasteiger partial charge in [0.15, 0.2) is 0 Å². The molecular weight excluding hydrogens is 222 g/mol. The van der Waals surface area contributed by atoms with E-state index in [1.165, 1.54) is 0 Å². The highest BCUT2D eigenvalue weighted by molar-refractivity contribution is 7.16. The molecule has 5 nitrogen and oxygen atoms in total. The van der Waals surface area contributed by atoms with Crippen molar-refractivity contribution in [1.82, 2.24) is 19.8 Å². The van der Waals surface area contributed by atoms with Crippen molar-refractivity contribution in [3.8, 4) is 0 Å². The second kappa shape index (κ2) is 4.10. The van der Waals surface area contributed by atoms with Gasteiger partial charge in [-0.2, -0.15) is 9.61 Å². The third-order valence-electron chi connectivity index (χ3n) is 2.39. The highest BCUT2D eigenvalue weighted by Crippen LogP contribution is 2.32. The van der Waals surface area contributed by atoms with E-state index in [2.05, 4.69) is 36.1 Å². The summed E-state index contributed by atoms with van der Waals surface area (Å²) in [6, 6.07) is 0. The van der Waals surface area contributed by atoms with E-state index in [1.807, 2.05) is 0 Å². The fourth-order valence-corrected chi connectivity index (χ4v) is 2.68. The van der Waals surface area contributed by atoms with Gasteiger partial charge in [0.25, 0.3) is 0 Å². The summed E-state index contributed by atoms with van der Waals surface area (Å²) in [7, 11) is 0. The van der Waals surface area contributed by atoms with Crippen LogP contribution in [0.15, 0.2) is 6.33 Å².